The highest BCUT2D eigenvalue weighted by Crippen LogP contribution is 2.21. The molecule has 90 valence electrons. The van der Waals surface area contributed by atoms with E-state index in [0.717, 1.165) is 12.8 Å². The molecular formula is C10H20ClNO2S. The molecular weight excluding hydrogens is 234 g/mol. The summed E-state index contributed by atoms with van der Waals surface area (Å²) in [6, 6.07) is 0. The monoisotopic (exact) mass is 253 g/mol. The molecule has 0 radical (unpaired) electrons. The molecule has 0 aromatic rings. The Morgan fingerprint density at radius 3 is 2.67 bits per heavy atom. The molecule has 0 aliphatic carbocycles. The van der Waals surface area contributed by atoms with Crippen LogP contribution in [0.1, 0.15) is 26.7 Å². The molecule has 0 amide bonds. The molecule has 0 saturated carbocycles. The van der Waals surface area contributed by atoms with Crippen molar-refractivity contribution in [2.45, 2.75) is 26.7 Å². The summed E-state index contributed by atoms with van der Waals surface area (Å²) < 4.78 is 25.5. The average molecular weight is 254 g/mol. The Hall–Kier alpha value is 0.200. The van der Waals surface area contributed by atoms with Crippen molar-refractivity contribution in [3.05, 3.63) is 0 Å². The van der Waals surface area contributed by atoms with Crippen molar-refractivity contribution in [3.63, 3.8) is 0 Å². The van der Waals surface area contributed by atoms with Crippen molar-refractivity contribution in [2.24, 2.45) is 11.8 Å². The fourth-order valence-electron chi connectivity index (χ4n) is 1.93. The molecule has 0 aromatic heterocycles. The SMILES string of the molecule is CC(C)CS(=O)(=O)N1CCCC(CCl)C1. The molecule has 1 rings (SSSR count). The van der Waals surface area contributed by atoms with E-state index in [1.807, 2.05) is 13.8 Å². The first-order valence-corrected chi connectivity index (χ1v) is 7.64. The Balaban J connectivity index is 2.62. The second-order valence-corrected chi connectivity index (χ2v) is 7.02. The van der Waals surface area contributed by atoms with Crippen LogP contribution in [0.15, 0.2) is 0 Å². The highest BCUT2D eigenvalue weighted by Gasteiger charge is 2.28. The van der Waals surface area contributed by atoms with Crippen LogP contribution in [0.4, 0.5) is 0 Å². The fourth-order valence-corrected chi connectivity index (χ4v) is 4.08. The molecule has 3 nitrogen and oxygen atoms in total. The van der Waals surface area contributed by atoms with Crippen molar-refractivity contribution in [3.8, 4) is 0 Å². The quantitative estimate of drug-likeness (QED) is 0.718. The van der Waals surface area contributed by atoms with E-state index in [1.54, 1.807) is 4.31 Å². The van der Waals surface area contributed by atoms with Gasteiger partial charge in [0.25, 0.3) is 0 Å². The second-order valence-electron chi connectivity index (χ2n) is 4.69. The summed E-state index contributed by atoms with van der Waals surface area (Å²) in [4.78, 5) is 0. The zero-order chi connectivity index (χ0) is 11.5. The second kappa shape index (κ2) is 5.51. The average Bonchev–Trinajstić information content (AvgIpc) is 2.16. The Labute approximate surface area is 97.8 Å². The third-order valence-corrected chi connectivity index (χ3v) is 5.28. The molecule has 1 saturated heterocycles. The molecule has 1 aliphatic heterocycles. The third-order valence-electron chi connectivity index (χ3n) is 2.64. The molecule has 0 N–H and O–H groups in total. The molecule has 1 aliphatic rings. The predicted molar refractivity (Wildman–Crippen MR) is 63.6 cm³/mol. The van der Waals surface area contributed by atoms with Crippen LogP contribution >= 0.6 is 11.6 Å². The van der Waals surface area contributed by atoms with Gasteiger partial charge in [-0.1, -0.05) is 13.8 Å². The number of alkyl halides is 1. The van der Waals surface area contributed by atoms with E-state index in [4.69, 9.17) is 11.6 Å². The lowest BCUT2D eigenvalue weighted by Gasteiger charge is -2.31. The highest BCUT2D eigenvalue weighted by molar-refractivity contribution is 7.89. The molecule has 1 fully saturated rings. The lowest BCUT2D eigenvalue weighted by Crippen LogP contribution is -2.42. The Morgan fingerprint density at radius 1 is 1.47 bits per heavy atom. The molecule has 1 atom stereocenters. The van der Waals surface area contributed by atoms with Crippen LogP contribution in [0.3, 0.4) is 0 Å². The number of sulfonamides is 1. The van der Waals surface area contributed by atoms with Crippen LogP contribution in [-0.2, 0) is 10.0 Å². The van der Waals surface area contributed by atoms with Gasteiger partial charge in [-0.15, -0.1) is 11.6 Å². The van der Waals surface area contributed by atoms with Gasteiger partial charge in [0, 0.05) is 19.0 Å². The van der Waals surface area contributed by atoms with Gasteiger partial charge in [0.1, 0.15) is 0 Å². The Kier molecular flexibility index (Phi) is 4.87. The molecule has 5 heteroatoms. The van der Waals surface area contributed by atoms with Crippen molar-refractivity contribution >= 4 is 21.6 Å². The van der Waals surface area contributed by atoms with Crippen molar-refractivity contribution in [2.75, 3.05) is 24.7 Å². The zero-order valence-corrected chi connectivity index (χ0v) is 11.0. The molecule has 0 aromatic carbocycles. The summed E-state index contributed by atoms with van der Waals surface area (Å²) in [5, 5.41) is 0. The fraction of sp³-hybridized carbons (Fsp3) is 1.00. The van der Waals surface area contributed by atoms with Crippen LogP contribution in [0.5, 0.6) is 0 Å². The third kappa shape index (κ3) is 3.93. The van der Waals surface area contributed by atoms with Gasteiger partial charge in [-0.25, -0.2) is 12.7 Å². The number of halogens is 1. The Bertz CT molecular complexity index is 290. The van der Waals surface area contributed by atoms with E-state index in [0.29, 0.717) is 24.9 Å². The van der Waals surface area contributed by atoms with Crippen LogP contribution in [0, 0.1) is 11.8 Å². The minimum absolute atomic E-state index is 0.186. The van der Waals surface area contributed by atoms with Gasteiger partial charge in [-0.2, -0.15) is 0 Å². The van der Waals surface area contributed by atoms with Crippen LogP contribution < -0.4 is 0 Å². The zero-order valence-electron chi connectivity index (χ0n) is 9.45. The summed E-state index contributed by atoms with van der Waals surface area (Å²) in [5.41, 5.74) is 0. The standard InChI is InChI=1S/C10H20ClNO2S/c1-9(2)8-15(13,14)12-5-3-4-10(6-11)7-12/h9-10H,3-8H2,1-2H3. The largest absolute Gasteiger partial charge is 0.214 e. The van der Waals surface area contributed by atoms with Crippen molar-refractivity contribution < 1.29 is 8.42 Å². The summed E-state index contributed by atoms with van der Waals surface area (Å²) in [6.45, 7) is 5.14. The minimum Gasteiger partial charge on any atom is -0.212 e. The van der Waals surface area contributed by atoms with Gasteiger partial charge >= 0.3 is 0 Å². The molecule has 1 unspecified atom stereocenters. The summed E-state index contributed by atoms with van der Waals surface area (Å²) in [7, 11) is -3.05. The summed E-state index contributed by atoms with van der Waals surface area (Å²) in [6.07, 6.45) is 1.99. The van der Waals surface area contributed by atoms with E-state index in [-0.39, 0.29) is 11.7 Å². The predicted octanol–water partition coefficient (Wildman–Crippen LogP) is 1.92. The number of piperidine rings is 1. The maximum absolute atomic E-state index is 11.9. The van der Waals surface area contributed by atoms with Gasteiger partial charge in [0.15, 0.2) is 0 Å². The number of hydrogen-bond acceptors (Lipinski definition) is 2. The first-order chi connectivity index (χ1) is 6.95. The van der Waals surface area contributed by atoms with E-state index in [1.165, 1.54) is 0 Å². The summed E-state index contributed by atoms with van der Waals surface area (Å²) >= 11 is 5.78. The maximum Gasteiger partial charge on any atom is 0.214 e. The molecule has 0 bridgehead atoms. The first kappa shape index (κ1) is 13.3. The molecule has 0 spiro atoms. The summed E-state index contributed by atoms with van der Waals surface area (Å²) in [5.74, 6) is 1.34. The van der Waals surface area contributed by atoms with Crippen LogP contribution in [0.25, 0.3) is 0 Å². The van der Waals surface area contributed by atoms with Gasteiger partial charge in [-0.3, -0.25) is 0 Å². The van der Waals surface area contributed by atoms with Crippen LogP contribution in [0.2, 0.25) is 0 Å². The van der Waals surface area contributed by atoms with Gasteiger partial charge < -0.3 is 0 Å². The number of nitrogens with zero attached hydrogens (tertiary/aromatic N) is 1. The van der Waals surface area contributed by atoms with Crippen molar-refractivity contribution in [1.82, 2.24) is 4.31 Å². The topological polar surface area (TPSA) is 37.4 Å². The first-order valence-electron chi connectivity index (χ1n) is 5.49. The van der Waals surface area contributed by atoms with Gasteiger partial charge in [0.05, 0.1) is 5.75 Å². The van der Waals surface area contributed by atoms with Gasteiger partial charge in [0.2, 0.25) is 10.0 Å². The normalized spacial score (nSPS) is 24.7. The van der Waals surface area contributed by atoms with E-state index in [2.05, 4.69) is 0 Å². The van der Waals surface area contributed by atoms with Crippen molar-refractivity contribution in [1.29, 1.82) is 0 Å². The number of hydrogen-bond donors (Lipinski definition) is 0. The molecule has 1 heterocycles. The van der Waals surface area contributed by atoms with E-state index in [9.17, 15) is 8.42 Å². The van der Waals surface area contributed by atoms with Crippen LogP contribution in [-0.4, -0.2) is 37.4 Å². The maximum atomic E-state index is 11.9. The van der Waals surface area contributed by atoms with Gasteiger partial charge in [-0.05, 0) is 24.7 Å². The Morgan fingerprint density at radius 2 is 2.13 bits per heavy atom. The van der Waals surface area contributed by atoms with E-state index >= 15 is 0 Å². The lowest BCUT2D eigenvalue weighted by molar-refractivity contribution is 0.282. The van der Waals surface area contributed by atoms with E-state index < -0.39 is 10.0 Å². The smallest absolute Gasteiger partial charge is 0.212 e. The molecule has 15 heavy (non-hydrogen) atoms. The minimum atomic E-state index is -3.05. The lowest BCUT2D eigenvalue weighted by atomic mass is 10.0. The number of rotatable bonds is 4. The highest BCUT2D eigenvalue weighted by atomic mass is 35.5.